The van der Waals surface area contributed by atoms with Crippen molar-refractivity contribution in [2.75, 3.05) is 0 Å². The lowest BCUT2D eigenvalue weighted by Crippen LogP contribution is -2.27. The van der Waals surface area contributed by atoms with E-state index in [1.165, 1.54) is 6.92 Å². The van der Waals surface area contributed by atoms with Crippen LogP contribution in [0, 0.1) is 0 Å². The molecule has 1 aromatic rings. The SMILES string of the molecule is CC(=O)OC1CCCC1OCc1ncccn1. The van der Waals surface area contributed by atoms with Gasteiger partial charge in [0, 0.05) is 19.3 Å². The fourth-order valence-corrected chi connectivity index (χ4v) is 2.02. The molecule has 0 radical (unpaired) electrons. The van der Waals surface area contributed by atoms with Gasteiger partial charge in [0.05, 0.1) is 6.10 Å². The highest BCUT2D eigenvalue weighted by Crippen LogP contribution is 2.25. The van der Waals surface area contributed by atoms with Crippen molar-refractivity contribution in [1.82, 2.24) is 9.97 Å². The quantitative estimate of drug-likeness (QED) is 0.741. The molecule has 17 heavy (non-hydrogen) atoms. The Morgan fingerprint density at radius 2 is 2.06 bits per heavy atom. The summed E-state index contributed by atoms with van der Waals surface area (Å²) in [7, 11) is 0. The summed E-state index contributed by atoms with van der Waals surface area (Å²) in [5.41, 5.74) is 0. The Morgan fingerprint density at radius 1 is 1.35 bits per heavy atom. The maximum atomic E-state index is 10.9. The highest BCUT2D eigenvalue weighted by molar-refractivity contribution is 5.66. The lowest BCUT2D eigenvalue weighted by Gasteiger charge is -2.19. The predicted octanol–water partition coefficient (Wildman–Crippen LogP) is 1.48. The number of ether oxygens (including phenoxy) is 2. The first-order chi connectivity index (χ1) is 8.25. The molecule has 0 bridgehead atoms. The molecule has 0 spiro atoms. The van der Waals surface area contributed by atoms with E-state index < -0.39 is 0 Å². The summed E-state index contributed by atoms with van der Waals surface area (Å²) in [5.74, 6) is 0.405. The molecule has 1 saturated carbocycles. The van der Waals surface area contributed by atoms with Crippen molar-refractivity contribution in [2.45, 2.75) is 45.0 Å². The lowest BCUT2D eigenvalue weighted by atomic mass is 10.2. The van der Waals surface area contributed by atoms with E-state index in [2.05, 4.69) is 9.97 Å². The van der Waals surface area contributed by atoms with Crippen LogP contribution in [0.5, 0.6) is 0 Å². The van der Waals surface area contributed by atoms with Crippen LogP contribution in [0.3, 0.4) is 0 Å². The van der Waals surface area contributed by atoms with Gasteiger partial charge in [0.2, 0.25) is 0 Å². The summed E-state index contributed by atoms with van der Waals surface area (Å²) in [6.45, 7) is 1.79. The van der Waals surface area contributed by atoms with Gasteiger partial charge in [-0.05, 0) is 25.3 Å². The molecular weight excluding hydrogens is 220 g/mol. The van der Waals surface area contributed by atoms with Crippen LogP contribution in [-0.2, 0) is 20.9 Å². The van der Waals surface area contributed by atoms with Crippen molar-refractivity contribution in [2.24, 2.45) is 0 Å². The molecule has 0 N–H and O–H groups in total. The summed E-state index contributed by atoms with van der Waals surface area (Å²) in [6.07, 6.45) is 6.05. The van der Waals surface area contributed by atoms with Crippen molar-refractivity contribution in [3.05, 3.63) is 24.3 Å². The van der Waals surface area contributed by atoms with Crippen LogP contribution >= 0.6 is 0 Å². The Bertz CT molecular complexity index is 369. The number of hydrogen-bond donors (Lipinski definition) is 0. The number of hydrogen-bond acceptors (Lipinski definition) is 5. The average molecular weight is 236 g/mol. The van der Waals surface area contributed by atoms with E-state index in [1.807, 2.05) is 0 Å². The van der Waals surface area contributed by atoms with Crippen LogP contribution < -0.4 is 0 Å². The molecule has 0 amide bonds. The molecule has 0 aliphatic heterocycles. The fourth-order valence-electron chi connectivity index (χ4n) is 2.02. The number of aromatic nitrogens is 2. The first-order valence-electron chi connectivity index (χ1n) is 5.80. The topological polar surface area (TPSA) is 61.3 Å². The summed E-state index contributed by atoms with van der Waals surface area (Å²) in [5, 5.41) is 0. The van der Waals surface area contributed by atoms with E-state index in [4.69, 9.17) is 9.47 Å². The maximum Gasteiger partial charge on any atom is 0.302 e. The summed E-state index contributed by atoms with van der Waals surface area (Å²) >= 11 is 0. The molecule has 1 aromatic heterocycles. The van der Waals surface area contributed by atoms with E-state index in [0.29, 0.717) is 12.4 Å². The van der Waals surface area contributed by atoms with Crippen molar-refractivity contribution in [3.8, 4) is 0 Å². The minimum absolute atomic E-state index is 0.0253. The van der Waals surface area contributed by atoms with E-state index in [1.54, 1.807) is 18.5 Å². The normalized spacial score (nSPS) is 23.6. The third kappa shape index (κ3) is 3.49. The number of esters is 1. The fraction of sp³-hybridized carbons (Fsp3) is 0.583. The molecule has 5 nitrogen and oxygen atoms in total. The zero-order valence-corrected chi connectivity index (χ0v) is 9.83. The third-order valence-corrected chi connectivity index (χ3v) is 2.76. The van der Waals surface area contributed by atoms with Gasteiger partial charge in [-0.15, -0.1) is 0 Å². The monoisotopic (exact) mass is 236 g/mol. The van der Waals surface area contributed by atoms with Crippen molar-refractivity contribution >= 4 is 5.97 Å². The van der Waals surface area contributed by atoms with Gasteiger partial charge in [-0.1, -0.05) is 0 Å². The van der Waals surface area contributed by atoms with E-state index in [0.717, 1.165) is 19.3 Å². The van der Waals surface area contributed by atoms with E-state index in [9.17, 15) is 4.79 Å². The second-order valence-corrected chi connectivity index (χ2v) is 4.09. The molecule has 1 aliphatic carbocycles. The van der Waals surface area contributed by atoms with E-state index >= 15 is 0 Å². The van der Waals surface area contributed by atoms with Gasteiger partial charge in [-0.3, -0.25) is 4.79 Å². The maximum absolute atomic E-state index is 10.9. The van der Waals surface area contributed by atoms with Crippen LogP contribution in [0.2, 0.25) is 0 Å². The van der Waals surface area contributed by atoms with Gasteiger partial charge in [0.25, 0.3) is 0 Å². The molecule has 2 atom stereocenters. The number of nitrogens with zero attached hydrogens (tertiary/aromatic N) is 2. The predicted molar refractivity (Wildman–Crippen MR) is 60.0 cm³/mol. The van der Waals surface area contributed by atoms with Crippen molar-refractivity contribution in [1.29, 1.82) is 0 Å². The van der Waals surface area contributed by atoms with Gasteiger partial charge >= 0.3 is 5.97 Å². The van der Waals surface area contributed by atoms with Gasteiger partial charge < -0.3 is 9.47 Å². The van der Waals surface area contributed by atoms with Gasteiger partial charge in [0.15, 0.2) is 5.82 Å². The van der Waals surface area contributed by atoms with Gasteiger partial charge in [-0.25, -0.2) is 9.97 Å². The van der Waals surface area contributed by atoms with Gasteiger partial charge in [-0.2, -0.15) is 0 Å². The Morgan fingerprint density at radius 3 is 2.76 bits per heavy atom. The minimum Gasteiger partial charge on any atom is -0.460 e. The van der Waals surface area contributed by atoms with E-state index in [-0.39, 0.29) is 18.2 Å². The third-order valence-electron chi connectivity index (χ3n) is 2.76. The summed E-state index contributed by atoms with van der Waals surface area (Å²) < 4.78 is 10.9. The second-order valence-electron chi connectivity index (χ2n) is 4.09. The summed E-state index contributed by atoms with van der Waals surface area (Å²) in [4.78, 5) is 19.1. The Kier molecular flexibility index (Phi) is 4.03. The molecule has 1 fully saturated rings. The molecule has 92 valence electrons. The zero-order valence-electron chi connectivity index (χ0n) is 9.83. The van der Waals surface area contributed by atoms with Gasteiger partial charge in [0.1, 0.15) is 12.7 Å². The van der Waals surface area contributed by atoms with Crippen LogP contribution in [-0.4, -0.2) is 28.1 Å². The minimum atomic E-state index is -0.249. The summed E-state index contributed by atoms with van der Waals surface area (Å²) in [6, 6.07) is 1.76. The first kappa shape index (κ1) is 12.0. The first-order valence-corrected chi connectivity index (χ1v) is 5.80. The molecule has 2 unspecified atom stereocenters. The average Bonchev–Trinajstić information content (AvgIpc) is 2.74. The lowest BCUT2D eigenvalue weighted by molar-refractivity contribution is -0.153. The zero-order chi connectivity index (χ0) is 12.1. The second kappa shape index (κ2) is 5.72. The molecular formula is C12H16N2O3. The largest absolute Gasteiger partial charge is 0.460 e. The Labute approximate surface area is 100 Å². The highest BCUT2D eigenvalue weighted by atomic mass is 16.6. The highest BCUT2D eigenvalue weighted by Gasteiger charge is 2.30. The van der Waals surface area contributed by atoms with Crippen molar-refractivity contribution < 1.29 is 14.3 Å². The Balaban J connectivity index is 1.84. The van der Waals surface area contributed by atoms with Crippen LogP contribution in [0.15, 0.2) is 18.5 Å². The number of carbonyl (C=O) groups is 1. The molecule has 2 rings (SSSR count). The standard InChI is InChI=1S/C12H16N2O3/c1-9(15)17-11-5-2-4-10(11)16-8-12-13-6-3-7-14-12/h3,6-7,10-11H,2,4-5,8H2,1H3. The van der Waals surface area contributed by atoms with Crippen LogP contribution in [0.25, 0.3) is 0 Å². The number of carbonyl (C=O) groups excluding carboxylic acids is 1. The molecule has 0 aromatic carbocycles. The Hall–Kier alpha value is -1.49. The van der Waals surface area contributed by atoms with Crippen LogP contribution in [0.1, 0.15) is 32.0 Å². The molecule has 0 saturated heterocycles. The number of rotatable bonds is 4. The molecule has 1 heterocycles. The van der Waals surface area contributed by atoms with Crippen LogP contribution in [0.4, 0.5) is 0 Å². The smallest absolute Gasteiger partial charge is 0.302 e. The molecule has 5 heteroatoms. The molecule has 1 aliphatic rings. The van der Waals surface area contributed by atoms with Crippen molar-refractivity contribution in [3.63, 3.8) is 0 Å².